The van der Waals surface area contributed by atoms with Crippen molar-refractivity contribution in [2.24, 2.45) is 0 Å². The predicted octanol–water partition coefficient (Wildman–Crippen LogP) is 2.07. The molecule has 0 saturated carbocycles. The van der Waals surface area contributed by atoms with E-state index in [2.05, 4.69) is 15.8 Å². The number of para-hydroxylation sites is 1. The number of nitrogens with one attached hydrogen (secondary N) is 2. The zero-order valence-corrected chi connectivity index (χ0v) is 13.8. The number of methoxy groups -OCH3 is 1. The number of anilines is 1. The van der Waals surface area contributed by atoms with Crippen molar-refractivity contribution in [1.82, 2.24) is 10.5 Å². The van der Waals surface area contributed by atoms with Crippen LogP contribution in [0.15, 0.2) is 34.9 Å². The molecular weight excluding hydrogens is 310 g/mol. The molecule has 2 aromatic rings. The summed E-state index contributed by atoms with van der Waals surface area (Å²) in [5, 5.41) is 9.00. The van der Waals surface area contributed by atoms with Gasteiger partial charge in [-0.2, -0.15) is 0 Å². The van der Waals surface area contributed by atoms with Gasteiger partial charge in [-0.05, 0) is 25.0 Å². The molecule has 0 spiro atoms. The van der Waals surface area contributed by atoms with E-state index in [9.17, 15) is 9.59 Å². The Bertz CT molecular complexity index is 697. The fraction of sp³-hybridized carbons (Fsp3) is 0.353. The van der Waals surface area contributed by atoms with Gasteiger partial charge < -0.3 is 19.9 Å². The third kappa shape index (κ3) is 5.42. The first-order valence-electron chi connectivity index (χ1n) is 7.70. The van der Waals surface area contributed by atoms with Crippen LogP contribution in [0.4, 0.5) is 5.82 Å². The SMILES string of the molecule is COc1ccccc1CCC(=O)NCCC(=O)Nc1cc(C)on1. The summed E-state index contributed by atoms with van der Waals surface area (Å²) >= 11 is 0. The predicted molar refractivity (Wildman–Crippen MR) is 88.8 cm³/mol. The molecule has 0 bridgehead atoms. The van der Waals surface area contributed by atoms with Gasteiger partial charge in [-0.15, -0.1) is 0 Å². The fourth-order valence-electron chi connectivity index (χ4n) is 2.19. The minimum absolute atomic E-state index is 0.106. The average molecular weight is 331 g/mol. The number of aromatic nitrogens is 1. The summed E-state index contributed by atoms with van der Waals surface area (Å²) in [4.78, 5) is 23.6. The van der Waals surface area contributed by atoms with Gasteiger partial charge in [-0.1, -0.05) is 23.4 Å². The van der Waals surface area contributed by atoms with Crippen LogP contribution in [0.2, 0.25) is 0 Å². The summed E-state index contributed by atoms with van der Waals surface area (Å²) in [6, 6.07) is 9.22. The zero-order chi connectivity index (χ0) is 17.4. The van der Waals surface area contributed by atoms with E-state index < -0.39 is 0 Å². The second kappa shape index (κ2) is 8.71. The molecule has 24 heavy (non-hydrogen) atoms. The number of nitrogens with zero attached hydrogens (tertiary/aromatic N) is 1. The van der Waals surface area contributed by atoms with Gasteiger partial charge in [0.25, 0.3) is 0 Å². The van der Waals surface area contributed by atoms with Gasteiger partial charge in [-0.3, -0.25) is 9.59 Å². The first-order valence-corrected chi connectivity index (χ1v) is 7.70. The van der Waals surface area contributed by atoms with Crippen LogP contribution in [0.1, 0.15) is 24.2 Å². The highest BCUT2D eigenvalue weighted by molar-refractivity contribution is 5.90. The van der Waals surface area contributed by atoms with E-state index >= 15 is 0 Å². The molecule has 0 unspecified atom stereocenters. The topological polar surface area (TPSA) is 93.5 Å². The number of ether oxygens (including phenoxy) is 1. The summed E-state index contributed by atoms with van der Waals surface area (Å²) in [5.74, 6) is 1.43. The fourth-order valence-corrected chi connectivity index (χ4v) is 2.19. The largest absolute Gasteiger partial charge is 0.496 e. The van der Waals surface area contributed by atoms with Gasteiger partial charge in [-0.25, -0.2) is 0 Å². The maximum atomic E-state index is 11.8. The Morgan fingerprint density at radius 3 is 2.71 bits per heavy atom. The van der Waals surface area contributed by atoms with E-state index in [4.69, 9.17) is 9.26 Å². The number of carbonyl (C=O) groups excluding carboxylic acids is 2. The van der Waals surface area contributed by atoms with E-state index in [1.807, 2.05) is 24.3 Å². The Morgan fingerprint density at radius 1 is 1.21 bits per heavy atom. The summed E-state index contributed by atoms with van der Waals surface area (Å²) in [7, 11) is 1.61. The maximum Gasteiger partial charge on any atom is 0.227 e. The number of hydrogen-bond acceptors (Lipinski definition) is 5. The van der Waals surface area contributed by atoms with Crippen LogP contribution in [0.5, 0.6) is 5.75 Å². The zero-order valence-electron chi connectivity index (χ0n) is 13.8. The molecule has 7 heteroatoms. The Hall–Kier alpha value is -2.83. The van der Waals surface area contributed by atoms with Crippen molar-refractivity contribution in [2.75, 3.05) is 19.0 Å². The lowest BCUT2D eigenvalue weighted by Gasteiger charge is -2.08. The highest BCUT2D eigenvalue weighted by Crippen LogP contribution is 2.18. The molecule has 0 aliphatic carbocycles. The molecule has 2 N–H and O–H groups in total. The lowest BCUT2D eigenvalue weighted by Crippen LogP contribution is -2.27. The molecule has 2 rings (SSSR count). The van der Waals surface area contributed by atoms with Crippen LogP contribution in [0.3, 0.4) is 0 Å². The van der Waals surface area contributed by atoms with Crippen molar-refractivity contribution in [3.05, 3.63) is 41.7 Å². The minimum atomic E-state index is -0.228. The molecule has 1 heterocycles. The molecule has 0 atom stereocenters. The van der Waals surface area contributed by atoms with Crippen molar-refractivity contribution >= 4 is 17.6 Å². The van der Waals surface area contributed by atoms with Gasteiger partial charge in [0.15, 0.2) is 5.82 Å². The van der Waals surface area contributed by atoms with Crippen molar-refractivity contribution in [1.29, 1.82) is 0 Å². The van der Waals surface area contributed by atoms with E-state index in [1.165, 1.54) is 0 Å². The van der Waals surface area contributed by atoms with Crippen molar-refractivity contribution in [2.45, 2.75) is 26.2 Å². The number of hydrogen-bond donors (Lipinski definition) is 2. The summed E-state index contributed by atoms with van der Waals surface area (Å²) in [6.07, 6.45) is 1.09. The van der Waals surface area contributed by atoms with Gasteiger partial charge in [0.1, 0.15) is 11.5 Å². The lowest BCUT2D eigenvalue weighted by molar-refractivity contribution is -0.121. The Kier molecular flexibility index (Phi) is 6.36. The molecule has 2 amide bonds. The number of carbonyl (C=O) groups is 2. The van der Waals surface area contributed by atoms with Crippen LogP contribution >= 0.6 is 0 Å². The van der Waals surface area contributed by atoms with Crippen LogP contribution in [0, 0.1) is 6.92 Å². The monoisotopic (exact) mass is 331 g/mol. The van der Waals surface area contributed by atoms with Crippen LogP contribution in [0.25, 0.3) is 0 Å². The van der Waals surface area contributed by atoms with Gasteiger partial charge in [0, 0.05) is 25.5 Å². The van der Waals surface area contributed by atoms with Gasteiger partial charge in [0.05, 0.1) is 7.11 Å². The van der Waals surface area contributed by atoms with Crippen LogP contribution in [-0.2, 0) is 16.0 Å². The standard InChI is InChI=1S/C17H21N3O4/c1-12-11-15(20-24-12)19-17(22)9-10-18-16(21)8-7-13-5-3-4-6-14(13)23-2/h3-6,11H,7-10H2,1-2H3,(H,18,21)(H,19,20,22). The molecule has 0 aliphatic heterocycles. The molecule has 1 aromatic heterocycles. The highest BCUT2D eigenvalue weighted by atomic mass is 16.5. The van der Waals surface area contributed by atoms with Gasteiger partial charge >= 0.3 is 0 Å². The molecule has 0 saturated heterocycles. The Balaban J connectivity index is 1.67. The first kappa shape index (κ1) is 17.5. The molecule has 1 aromatic carbocycles. The second-order valence-corrected chi connectivity index (χ2v) is 5.28. The molecular formula is C17H21N3O4. The first-order chi connectivity index (χ1) is 11.6. The van der Waals surface area contributed by atoms with Crippen LogP contribution in [-0.4, -0.2) is 30.6 Å². The van der Waals surface area contributed by atoms with Crippen molar-refractivity contribution in [3.63, 3.8) is 0 Å². The van der Waals surface area contributed by atoms with E-state index in [-0.39, 0.29) is 24.8 Å². The highest BCUT2D eigenvalue weighted by Gasteiger charge is 2.08. The van der Waals surface area contributed by atoms with Crippen molar-refractivity contribution in [3.8, 4) is 5.75 Å². The smallest absolute Gasteiger partial charge is 0.227 e. The van der Waals surface area contributed by atoms with E-state index in [0.29, 0.717) is 24.4 Å². The number of rotatable bonds is 8. The molecule has 0 aliphatic rings. The molecule has 7 nitrogen and oxygen atoms in total. The van der Waals surface area contributed by atoms with E-state index in [0.717, 1.165) is 11.3 Å². The third-order valence-corrected chi connectivity index (χ3v) is 3.38. The Morgan fingerprint density at radius 2 is 2.00 bits per heavy atom. The van der Waals surface area contributed by atoms with Crippen LogP contribution < -0.4 is 15.4 Å². The maximum absolute atomic E-state index is 11.8. The second-order valence-electron chi connectivity index (χ2n) is 5.28. The lowest BCUT2D eigenvalue weighted by atomic mass is 10.1. The summed E-state index contributed by atoms with van der Waals surface area (Å²) in [5.41, 5.74) is 0.981. The summed E-state index contributed by atoms with van der Waals surface area (Å²) in [6.45, 7) is 2.01. The molecule has 0 fully saturated rings. The number of aryl methyl sites for hydroxylation is 2. The summed E-state index contributed by atoms with van der Waals surface area (Å²) < 4.78 is 10.1. The normalized spacial score (nSPS) is 10.2. The van der Waals surface area contributed by atoms with Crippen molar-refractivity contribution < 1.29 is 18.8 Å². The number of amides is 2. The van der Waals surface area contributed by atoms with Gasteiger partial charge in [0.2, 0.25) is 11.8 Å². The average Bonchev–Trinajstić information content (AvgIpc) is 2.98. The Labute approximate surface area is 140 Å². The minimum Gasteiger partial charge on any atom is -0.496 e. The third-order valence-electron chi connectivity index (χ3n) is 3.38. The number of benzene rings is 1. The quantitative estimate of drug-likeness (QED) is 0.772. The molecule has 128 valence electrons. The molecule has 0 radical (unpaired) electrons. The van der Waals surface area contributed by atoms with E-state index in [1.54, 1.807) is 20.1 Å².